The third-order valence-corrected chi connectivity index (χ3v) is 3.04. The molecule has 0 saturated carbocycles. The summed E-state index contributed by atoms with van der Waals surface area (Å²) in [5, 5.41) is 3.38. The van der Waals surface area contributed by atoms with Crippen molar-refractivity contribution in [3.63, 3.8) is 0 Å². The maximum atomic E-state index is 11.1. The third kappa shape index (κ3) is 4.88. The Balaban J connectivity index is 2.37. The highest BCUT2D eigenvalue weighted by atomic mass is 16.1. The second kappa shape index (κ2) is 7.88. The summed E-state index contributed by atoms with van der Waals surface area (Å²) >= 11 is 0. The molecule has 0 atom stereocenters. The number of benzene rings is 1. The molecule has 1 N–H and O–H groups in total. The van der Waals surface area contributed by atoms with Crippen molar-refractivity contribution in [2.45, 2.75) is 27.2 Å². The van der Waals surface area contributed by atoms with Crippen LogP contribution in [0, 0.1) is 0 Å². The second-order valence-corrected chi connectivity index (χ2v) is 4.49. The largest absolute Gasteiger partial charge is 0.384 e. The number of rotatable bonds is 8. The SMILES string of the molecule is CCCN(CC)CCNc1ccc(C(C)=O)cc1. The van der Waals surface area contributed by atoms with Crippen LogP contribution in [0.3, 0.4) is 0 Å². The Labute approximate surface area is 110 Å². The molecule has 0 spiro atoms. The van der Waals surface area contributed by atoms with Crippen LogP contribution >= 0.6 is 0 Å². The van der Waals surface area contributed by atoms with Crippen molar-refractivity contribution in [2.24, 2.45) is 0 Å². The normalized spacial score (nSPS) is 10.7. The number of carbonyl (C=O) groups excluding carboxylic acids is 1. The molecule has 0 heterocycles. The first-order chi connectivity index (χ1) is 8.67. The standard InChI is InChI=1S/C15H24N2O/c1-4-11-17(5-2)12-10-16-15-8-6-14(7-9-15)13(3)18/h6-9,16H,4-5,10-12H2,1-3H3. The number of anilines is 1. The van der Waals surface area contributed by atoms with Crippen molar-refractivity contribution in [1.82, 2.24) is 4.90 Å². The van der Waals surface area contributed by atoms with E-state index in [1.165, 1.54) is 6.42 Å². The van der Waals surface area contributed by atoms with Crippen molar-refractivity contribution in [1.29, 1.82) is 0 Å². The molecule has 0 amide bonds. The van der Waals surface area contributed by atoms with Gasteiger partial charge in [-0.2, -0.15) is 0 Å². The van der Waals surface area contributed by atoms with E-state index in [1.807, 2.05) is 24.3 Å². The molecule has 100 valence electrons. The molecule has 3 nitrogen and oxygen atoms in total. The highest BCUT2D eigenvalue weighted by Crippen LogP contribution is 2.09. The second-order valence-electron chi connectivity index (χ2n) is 4.49. The molecule has 1 aromatic carbocycles. The van der Waals surface area contributed by atoms with Crippen molar-refractivity contribution in [3.8, 4) is 0 Å². The van der Waals surface area contributed by atoms with Gasteiger partial charge in [0, 0.05) is 24.3 Å². The van der Waals surface area contributed by atoms with Gasteiger partial charge in [0.1, 0.15) is 0 Å². The van der Waals surface area contributed by atoms with Gasteiger partial charge in [-0.3, -0.25) is 4.79 Å². The van der Waals surface area contributed by atoms with Gasteiger partial charge in [0.2, 0.25) is 0 Å². The minimum atomic E-state index is 0.113. The Morgan fingerprint density at radius 1 is 1.17 bits per heavy atom. The first kappa shape index (κ1) is 14.7. The number of nitrogens with zero attached hydrogens (tertiary/aromatic N) is 1. The van der Waals surface area contributed by atoms with E-state index in [4.69, 9.17) is 0 Å². The highest BCUT2D eigenvalue weighted by Gasteiger charge is 2.01. The van der Waals surface area contributed by atoms with Crippen LogP contribution in [-0.2, 0) is 0 Å². The van der Waals surface area contributed by atoms with Gasteiger partial charge < -0.3 is 10.2 Å². The maximum absolute atomic E-state index is 11.1. The molecule has 1 rings (SSSR count). The molecule has 0 aliphatic carbocycles. The van der Waals surface area contributed by atoms with E-state index in [-0.39, 0.29) is 5.78 Å². The molecule has 18 heavy (non-hydrogen) atoms. The summed E-state index contributed by atoms with van der Waals surface area (Å²) in [5.74, 6) is 0.113. The van der Waals surface area contributed by atoms with Crippen LogP contribution in [0.1, 0.15) is 37.6 Å². The number of likely N-dealkylation sites (N-methyl/N-ethyl adjacent to an activating group) is 1. The summed E-state index contributed by atoms with van der Waals surface area (Å²) in [4.78, 5) is 13.6. The number of carbonyl (C=O) groups is 1. The molecule has 0 radical (unpaired) electrons. The molecule has 0 bridgehead atoms. The molecule has 3 heteroatoms. The fraction of sp³-hybridized carbons (Fsp3) is 0.533. The van der Waals surface area contributed by atoms with Crippen LogP contribution in [0.5, 0.6) is 0 Å². The Kier molecular flexibility index (Phi) is 6.44. The van der Waals surface area contributed by atoms with E-state index in [0.29, 0.717) is 0 Å². The van der Waals surface area contributed by atoms with Gasteiger partial charge in [0.25, 0.3) is 0 Å². The minimum absolute atomic E-state index is 0.113. The Hall–Kier alpha value is -1.35. The highest BCUT2D eigenvalue weighted by molar-refractivity contribution is 5.94. The number of hydrogen-bond donors (Lipinski definition) is 1. The maximum Gasteiger partial charge on any atom is 0.159 e. The zero-order chi connectivity index (χ0) is 13.4. The van der Waals surface area contributed by atoms with Crippen LogP contribution in [-0.4, -0.2) is 36.9 Å². The van der Waals surface area contributed by atoms with Crippen LogP contribution in [0.15, 0.2) is 24.3 Å². The van der Waals surface area contributed by atoms with E-state index < -0.39 is 0 Å². The first-order valence-electron chi connectivity index (χ1n) is 6.74. The zero-order valence-electron chi connectivity index (χ0n) is 11.7. The lowest BCUT2D eigenvalue weighted by Gasteiger charge is -2.19. The lowest BCUT2D eigenvalue weighted by Crippen LogP contribution is -2.29. The first-order valence-corrected chi connectivity index (χ1v) is 6.74. The van der Waals surface area contributed by atoms with E-state index in [9.17, 15) is 4.79 Å². The quantitative estimate of drug-likeness (QED) is 0.718. The lowest BCUT2D eigenvalue weighted by atomic mass is 10.1. The predicted molar refractivity (Wildman–Crippen MR) is 77.3 cm³/mol. The predicted octanol–water partition coefficient (Wildman–Crippen LogP) is 3.03. The minimum Gasteiger partial charge on any atom is -0.384 e. The molecular formula is C15H24N2O. The van der Waals surface area contributed by atoms with Gasteiger partial charge in [-0.1, -0.05) is 13.8 Å². The van der Waals surface area contributed by atoms with E-state index in [2.05, 4.69) is 24.1 Å². The van der Waals surface area contributed by atoms with Gasteiger partial charge in [0.05, 0.1) is 0 Å². The monoisotopic (exact) mass is 248 g/mol. The van der Waals surface area contributed by atoms with Crippen LogP contribution in [0.25, 0.3) is 0 Å². The van der Waals surface area contributed by atoms with Crippen molar-refractivity contribution < 1.29 is 4.79 Å². The van der Waals surface area contributed by atoms with Crippen LogP contribution < -0.4 is 5.32 Å². The van der Waals surface area contributed by atoms with Gasteiger partial charge in [-0.15, -0.1) is 0 Å². The van der Waals surface area contributed by atoms with E-state index >= 15 is 0 Å². The average Bonchev–Trinajstić information content (AvgIpc) is 2.38. The molecule has 0 fully saturated rings. The van der Waals surface area contributed by atoms with Crippen molar-refractivity contribution in [2.75, 3.05) is 31.5 Å². The Morgan fingerprint density at radius 3 is 2.33 bits per heavy atom. The fourth-order valence-electron chi connectivity index (χ4n) is 1.93. The van der Waals surface area contributed by atoms with E-state index in [0.717, 1.165) is 37.4 Å². The topological polar surface area (TPSA) is 32.3 Å². The number of hydrogen-bond acceptors (Lipinski definition) is 3. The Bertz CT molecular complexity index is 359. The van der Waals surface area contributed by atoms with Crippen LogP contribution in [0.4, 0.5) is 5.69 Å². The van der Waals surface area contributed by atoms with Crippen molar-refractivity contribution >= 4 is 11.5 Å². The molecular weight excluding hydrogens is 224 g/mol. The molecule has 0 saturated heterocycles. The van der Waals surface area contributed by atoms with Gasteiger partial charge in [0.15, 0.2) is 5.78 Å². The van der Waals surface area contributed by atoms with Gasteiger partial charge >= 0.3 is 0 Å². The molecule has 0 aliphatic rings. The number of nitrogens with one attached hydrogen (secondary N) is 1. The van der Waals surface area contributed by atoms with Crippen LogP contribution in [0.2, 0.25) is 0 Å². The summed E-state index contributed by atoms with van der Waals surface area (Å²) in [6.45, 7) is 10.2. The third-order valence-electron chi connectivity index (χ3n) is 3.04. The summed E-state index contributed by atoms with van der Waals surface area (Å²) in [5.41, 5.74) is 1.84. The summed E-state index contributed by atoms with van der Waals surface area (Å²) < 4.78 is 0. The lowest BCUT2D eigenvalue weighted by molar-refractivity contribution is 0.101. The number of Topliss-reactive ketones (excluding diaryl/α,β-unsaturated/α-hetero) is 1. The summed E-state index contributed by atoms with van der Waals surface area (Å²) in [6.07, 6.45) is 1.20. The summed E-state index contributed by atoms with van der Waals surface area (Å²) in [6, 6.07) is 7.67. The fourth-order valence-corrected chi connectivity index (χ4v) is 1.93. The van der Waals surface area contributed by atoms with Gasteiger partial charge in [-0.05, 0) is 50.7 Å². The summed E-state index contributed by atoms with van der Waals surface area (Å²) in [7, 11) is 0. The smallest absolute Gasteiger partial charge is 0.159 e. The zero-order valence-corrected chi connectivity index (χ0v) is 11.7. The molecule has 1 aromatic rings. The molecule has 0 unspecified atom stereocenters. The average molecular weight is 248 g/mol. The van der Waals surface area contributed by atoms with E-state index in [1.54, 1.807) is 6.92 Å². The molecule has 0 aromatic heterocycles. The van der Waals surface area contributed by atoms with Gasteiger partial charge in [-0.25, -0.2) is 0 Å². The van der Waals surface area contributed by atoms with Crippen molar-refractivity contribution in [3.05, 3.63) is 29.8 Å². The molecule has 0 aliphatic heterocycles. The Morgan fingerprint density at radius 2 is 1.83 bits per heavy atom. The number of ketones is 1.